The van der Waals surface area contributed by atoms with Crippen LogP contribution in [0.25, 0.3) is 0 Å². The number of likely N-dealkylation sites (tertiary alicyclic amines) is 1. The van der Waals surface area contributed by atoms with Crippen molar-refractivity contribution < 1.29 is 9.59 Å². The monoisotopic (exact) mass is 331 g/mol. The first-order valence-electron chi connectivity index (χ1n) is 8.69. The largest absolute Gasteiger partial charge is 0.376 e. The molecule has 0 aliphatic carbocycles. The molecule has 2 amide bonds. The lowest BCUT2D eigenvalue weighted by atomic mass is 9.99. The van der Waals surface area contributed by atoms with Gasteiger partial charge in [-0.3, -0.25) is 9.59 Å². The number of amides is 2. The zero-order valence-corrected chi connectivity index (χ0v) is 15.2. The molecule has 0 spiro atoms. The molecule has 1 aromatic rings. The molecule has 2 N–H and O–H groups in total. The van der Waals surface area contributed by atoms with Crippen LogP contribution >= 0.6 is 0 Å². The van der Waals surface area contributed by atoms with Gasteiger partial charge >= 0.3 is 0 Å². The van der Waals surface area contributed by atoms with Gasteiger partial charge in [-0.1, -0.05) is 13.0 Å². The molecule has 0 radical (unpaired) electrons. The maximum absolute atomic E-state index is 12.3. The van der Waals surface area contributed by atoms with Crippen molar-refractivity contribution in [3.8, 4) is 0 Å². The number of benzene rings is 1. The van der Waals surface area contributed by atoms with E-state index < -0.39 is 0 Å². The van der Waals surface area contributed by atoms with E-state index in [-0.39, 0.29) is 23.9 Å². The molecule has 5 nitrogen and oxygen atoms in total. The molecule has 1 saturated heterocycles. The van der Waals surface area contributed by atoms with Gasteiger partial charge in [0.25, 0.3) is 5.91 Å². The molecular formula is C19H29N3O2. The minimum absolute atomic E-state index is 0.109. The standard InChI is InChI=1S/C19H29N3O2/c1-14-8-10-22(11-9-14)17(23)13-20-16-7-5-6-15(12-16)18(24)21-19(2,3)4/h5-7,12,14,20H,8-11,13H2,1-4H3,(H,21,24). The van der Waals surface area contributed by atoms with E-state index in [1.54, 1.807) is 12.1 Å². The Morgan fingerprint density at radius 3 is 2.50 bits per heavy atom. The Bertz CT molecular complexity index is 585. The second-order valence-electron chi connectivity index (χ2n) is 7.70. The van der Waals surface area contributed by atoms with Crippen LogP contribution in [-0.2, 0) is 4.79 Å². The fourth-order valence-electron chi connectivity index (χ4n) is 2.73. The number of rotatable bonds is 4. The maximum atomic E-state index is 12.3. The average molecular weight is 331 g/mol. The molecule has 0 saturated carbocycles. The van der Waals surface area contributed by atoms with Crippen molar-refractivity contribution in [3.05, 3.63) is 29.8 Å². The molecule has 1 heterocycles. The number of hydrogen-bond acceptors (Lipinski definition) is 3. The summed E-state index contributed by atoms with van der Waals surface area (Å²) in [5, 5.41) is 6.08. The summed E-state index contributed by atoms with van der Waals surface area (Å²) in [5.74, 6) is 0.717. The second-order valence-corrected chi connectivity index (χ2v) is 7.70. The number of hydrogen-bond donors (Lipinski definition) is 2. The van der Waals surface area contributed by atoms with Crippen LogP contribution in [0.5, 0.6) is 0 Å². The Labute approximate surface area is 144 Å². The minimum atomic E-state index is -0.276. The molecule has 0 unspecified atom stereocenters. The van der Waals surface area contributed by atoms with Crippen molar-refractivity contribution in [2.24, 2.45) is 5.92 Å². The topological polar surface area (TPSA) is 61.4 Å². The predicted octanol–water partition coefficient (Wildman–Crippen LogP) is 2.89. The van der Waals surface area contributed by atoms with Gasteiger partial charge in [0.05, 0.1) is 6.54 Å². The van der Waals surface area contributed by atoms with Gasteiger partial charge in [-0.2, -0.15) is 0 Å². The first-order valence-corrected chi connectivity index (χ1v) is 8.69. The van der Waals surface area contributed by atoms with E-state index >= 15 is 0 Å². The zero-order chi connectivity index (χ0) is 17.7. The smallest absolute Gasteiger partial charge is 0.251 e. The first kappa shape index (κ1) is 18.3. The lowest BCUT2D eigenvalue weighted by molar-refractivity contribution is -0.130. The molecule has 1 aliphatic heterocycles. The predicted molar refractivity (Wildman–Crippen MR) is 97.1 cm³/mol. The lowest BCUT2D eigenvalue weighted by Gasteiger charge is -2.30. The Morgan fingerprint density at radius 1 is 1.21 bits per heavy atom. The van der Waals surface area contributed by atoms with Crippen molar-refractivity contribution in [1.29, 1.82) is 0 Å². The molecule has 1 fully saturated rings. The van der Waals surface area contributed by atoms with Gasteiger partial charge in [-0.25, -0.2) is 0 Å². The molecule has 0 bridgehead atoms. The van der Waals surface area contributed by atoms with Gasteiger partial charge in [0.15, 0.2) is 0 Å². The van der Waals surface area contributed by atoms with Crippen LogP contribution in [0, 0.1) is 5.92 Å². The van der Waals surface area contributed by atoms with Crippen molar-refractivity contribution in [1.82, 2.24) is 10.2 Å². The second kappa shape index (κ2) is 7.69. The highest BCUT2D eigenvalue weighted by Crippen LogP contribution is 2.16. The highest BCUT2D eigenvalue weighted by Gasteiger charge is 2.20. The number of nitrogens with zero attached hydrogens (tertiary/aromatic N) is 1. The Hall–Kier alpha value is -2.04. The van der Waals surface area contributed by atoms with Crippen LogP contribution in [-0.4, -0.2) is 41.9 Å². The minimum Gasteiger partial charge on any atom is -0.376 e. The van der Waals surface area contributed by atoms with Crippen LogP contribution < -0.4 is 10.6 Å². The number of carbonyl (C=O) groups is 2. The van der Waals surface area contributed by atoms with Crippen LogP contribution in [0.3, 0.4) is 0 Å². The van der Waals surface area contributed by atoms with E-state index in [2.05, 4.69) is 17.6 Å². The molecule has 24 heavy (non-hydrogen) atoms. The van der Waals surface area contributed by atoms with Gasteiger partial charge in [0, 0.05) is 29.9 Å². The van der Waals surface area contributed by atoms with Crippen molar-refractivity contribution in [2.45, 2.75) is 46.1 Å². The lowest BCUT2D eigenvalue weighted by Crippen LogP contribution is -2.41. The van der Waals surface area contributed by atoms with E-state index in [4.69, 9.17) is 0 Å². The zero-order valence-electron chi connectivity index (χ0n) is 15.2. The molecular weight excluding hydrogens is 302 g/mol. The average Bonchev–Trinajstić information content (AvgIpc) is 2.52. The maximum Gasteiger partial charge on any atom is 0.251 e. The summed E-state index contributed by atoms with van der Waals surface area (Å²) in [4.78, 5) is 26.4. The molecule has 0 atom stereocenters. The fraction of sp³-hybridized carbons (Fsp3) is 0.579. The summed E-state index contributed by atoms with van der Waals surface area (Å²) in [7, 11) is 0. The molecule has 5 heteroatoms. The van der Waals surface area contributed by atoms with Crippen molar-refractivity contribution in [3.63, 3.8) is 0 Å². The summed E-state index contributed by atoms with van der Waals surface area (Å²) in [6, 6.07) is 7.26. The van der Waals surface area contributed by atoms with Crippen molar-refractivity contribution in [2.75, 3.05) is 25.0 Å². The Morgan fingerprint density at radius 2 is 1.88 bits per heavy atom. The van der Waals surface area contributed by atoms with E-state index in [0.29, 0.717) is 11.5 Å². The van der Waals surface area contributed by atoms with Gasteiger partial charge < -0.3 is 15.5 Å². The number of nitrogens with one attached hydrogen (secondary N) is 2. The van der Waals surface area contributed by atoms with Crippen LogP contribution in [0.15, 0.2) is 24.3 Å². The molecule has 0 aromatic heterocycles. The van der Waals surface area contributed by atoms with E-state index in [9.17, 15) is 9.59 Å². The third kappa shape index (κ3) is 5.55. The number of piperidine rings is 1. The fourth-order valence-corrected chi connectivity index (χ4v) is 2.73. The SMILES string of the molecule is CC1CCN(C(=O)CNc2cccc(C(=O)NC(C)(C)C)c2)CC1. The summed E-state index contributed by atoms with van der Waals surface area (Å²) < 4.78 is 0. The van der Waals surface area contributed by atoms with Crippen LogP contribution in [0.4, 0.5) is 5.69 Å². The third-order valence-electron chi connectivity index (χ3n) is 4.19. The number of carbonyl (C=O) groups excluding carboxylic acids is 2. The molecule has 1 aliphatic rings. The highest BCUT2D eigenvalue weighted by atomic mass is 16.2. The third-order valence-corrected chi connectivity index (χ3v) is 4.19. The molecule has 2 rings (SSSR count). The summed E-state index contributed by atoms with van der Waals surface area (Å²) >= 11 is 0. The highest BCUT2D eigenvalue weighted by molar-refractivity contribution is 5.95. The van der Waals surface area contributed by atoms with E-state index in [1.807, 2.05) is 37.8 Å². The Balaban J connectivity index is 1.90. The van der Waals surface area contributed by atoms with Gasteiger partial charge in [-0.05, 0) is 57.7 Å². The Kier molecular flexibility index (Phi) is 5.86. The van der Waals surface area contributed by atoms with Gasteiger partial charge in [-0.15, -0.1) is 0 Å². The first-order chi connectivity index (χ1) is 11.2. The van der Waals surface area contributed by atoms with E-state index in [1.165, 1.54) is 0 Å². The molecule has 1 aromatic carbocycles. The normalized spacial score (nSPS) is 15.9. The number of anilines is 1. The van der Waals surface area contributed by atoms with Gasteiger partial charge in [0.2, 0.25) is 5.91 Å². The van der Waals surface area contributed by atoms with E-state index in [0.717, 1.165) is 31.6 Å². The quantitative estimate of drug-likeness (QED) is 0.892. The molecule has 132 valence electrons. The van der Waals surface area contributed by atoms with Crippen LogP contribution in [0.1, 0.15) is 50.9 Å². The van der Waals surface area contributed by atoms with Crippen LogP contribution in [0.2, 0.25) is 0 Å². The van der Waals surface area contributed by atoms with Crippen molar-refractivity contribution >= 4 is 17.5 Å². The summed E-state index contributed by atoms with van der Waals surface area (Å²) in [6.45, 7) is 10.0. The van der Waals surface area contributed by atoms with Gasteiger partial charge in [0.1, 0.15) is 0 Å². The summed E-state index contributed by atoms with van der Waals surface area (Å²) in [6.07, 6.45) is 2.16. The summed E-state index contributed by atoms with van der Waals surface area (Å²) in [5.41, 5.74) is 1.10.